The van der Waals surface area contributed by atoms with Gasteiger partial charge in [-0.1, -0.05) is 19.9 Å². The third-order valence-electron chi connectivity index (χ3n) is 4.42. The Bertz CT molecular complexity index is 970. The van der Waals surface area contributed by atoms with E-state index in [2.05, 4.69) is 9.72 Å². The van der Waals surface area contributed by atoms with Crippen LogP contribution in [-0.2, 0) is 9.59 Å². The third-order valence-corrected chi connectivity index (χ3v) is 4.42. The highest BCUT2D eigenvalue weighted by molar-refractivity contribution is 6.16. The molecule has 0 spiro atoms. The van der Waals surface area contributed by atoms with Crippen molar-refractivity contribution in [3.8, 4) is 5.75 Å². The number of carbonyl (C=O) groups is 2. The number of carbonyl (C=O) groups excluding carboxylic acids is 2. The Kier molecular flexibility index (Phi) is 5.82. The number of nitrogens with zero attached hydrogens (tertiary/aromatic N) is 2. The van der Waals surface area contributed by atoms with E-state index < -0.39 is 35.6 Å². The lowest BCUT2D eigenvalue weighted by atomic mass is 9.94. The van der Waals surface area contributed by atoms with Crippen LogP contribution in [0.3, 0.4) is 0 Å². The van der Waals surface area contributed by atoms with Gasteiger partial charge in [0, 0.05) is 18.3 Å². The monoisotopic (exact) mass is 420 g/mol. The van der Waals surface area contributed by atoms with Crippen LogP contribution in [0.4, 0.5) is 18.9 Å². The molecule has 9 heteroatoms. The summed E-state index contributed by atoms with van der Waals surface area (Å²) in [6.07, 6.45) is -3.25. The number of aliphatic hydroxyl groups is 1. The molecule has 1 aliphatic heterocycles. The minimum absolute atomic E-state index is 0.00913. The Morgan fingerprint density at radius 3 is 2.40 bits per heavy atom. The number of halogens is 3. The predicted molar refractivity (Wildman–Crippen MR) is 102 cm³/mol. The number of alkyl halides is 3. The highest BCUT2D eigenvalue weighted by atomic mass is 19.4. The SMILES string of the molecule is CC(C)CC(=O)C1=C(O)C(=O)N(c2ccc(OC(F)(F)F)cc2)C1c1ccccn1. The van der Waals surface area contributed by atoms with Crippen molar-refractivity contribution in [1.29, 1.82) is 0 Å². The summed E-state index contributed by atoms with van der Waals surface area (Å²) < 4.78 is 41.1. The normalized spacial score (nSPS) is 17.1. The molecule has 2 heterocycles. The standard InChI is InChI=1S/C21H19F3N2O4/c1-12(2)11-16(27)17-18(15-5-3-4-10-25-15)26(20(29)19(17)28)13-6-8-14(9-7-13)30-21(22,23)24/h3-10,12,18,28H,11H2,1-2H3. The van der Waals surface area contributed by atoms with Gasteiger partial charge in [-0.05, 0) is 42.3 Å². The smallest absolute Gasteiger partial charge is 0.503 e. The molecule has 2 aromatic rings. The molecule has 0 bridgehead atoms. The second-order valence-corrected chi connectivity index (χ2v) is 7.16. The number of aromatic nitrogens is 1. The number of ether oxygens (including phenoxy) is 1. The van der Waals surface area contributed by atoms with Crippen LogP contribution in [0.5, 0.6) is 5.75 Å². The van der Waals surface area contributed by atoms with Gasteiger partial charge < -0.3 is 9.84 Å². The van der Waals surface area contributed by atoms with Gasteiger partial charge in [-0.2, -0.15) is 0 Å². The lowest BCUT2D eigenvalue weighted by Gasteiger charge is -2.26. The first-order valence-electron chi connectivity index (χ1n) is 9.15. The molecule has 0 aliphatic carbocycles. The van der Waals surface area contributed by atoms with Crippen molar-refractivity contribution < 1.29 is 32.6 Å². The molecule has 1 unspecified atom stereocenters. The number of ketones is 1. The first-order valence-corrected chi connectivity index (χ1v) is 9.15. The molecule has 158 valence electrons. The molecule has 0 saturated heterocycles. The lowest BCUT2D eigenvalue weighted by molar-refractivity contribution is -0.274. The second kappa shape index (κ2) is 8.17. The van der Waals surface area contributed by atoms with Crippen molar-refractivity contribution >= 4 is 17.4 Å². The maximum Gasteiger partial charge on any atom is 0.573 e. The van der Waals surface area contributed by atoms with Crippen LogP contribution in [0.15, 0.2) is 60.0 Å². The highest BCUT2D eigenvalue weighted by Crippen LogP contribution is 2.41. The van der Waals surface area contributed by atoms with Gasteiger partial charge in [-0.3, -0.25) is 19.5 Å². The fourth-order valence-electron chi connectivity index (χ4n) is 3.26. The van der Waals surface area contributed by atoms with E-state index in [1.54, 1.807) is 18.2 Å². The number of Topliss-reactive ketones (excluding diaryl/α,β-unsaturated/α-hetero) is 1. The largest absolute Gasteiger partial charge is 0.573 e. The van der Waals surface area contributed by atoms with Crippen molar-refractivity contribution in [3.05, 3.63) is 65.7 Å². The van der Waals surface area contributed by atoms with Crippen LogP contribution in [-0.4, -0.2) is 28.1 Å². The van der Waals surface area contributed by atoms with Crippen molar-refractivity contribution in [2.75, 3.05) is 4.90 Å². The fourth-order valence-corrected chi connectivity index (χ4v) is 3.26. The van der Waals surface area contributed by atoms with Crippen molar-refractivity contribution in [3.63, 3.8) is 0 Å². The molecule has 1 amide bonds. The van der Waals surface area contributed by atoms with Crippen molar-refractivity contribution in [2.45, 2.75) is 32.7 Å². The van der Waals surface area contributed by atoms with Gasteiger partial charge in [-0.25, -0.2) is 0 Å². The van der Waals surface area contributed by atoms with Gasteiger partial charge in [0.25, 0.3) is 5.91 Å². The number of benzene rings is 1. The molecule has 30 heavy (non-hydrogen) atoms. The summed E-state index contributed by atoms with van der Waals surface area (Å²) in [5.41, 5.74) is 0.449. The molecule has 1 aliphatic rings. The summed E-state index contributed by atoms with van der Waals surface area (Å²) in [6.45, 7) is 3.67. The number of hydrogen-bond acceptors (Lipinski definition) is 5. The summed E-state index contributed by atoms with van der Waals surface area (Å²) in [7, 11) is 0. The molecule has 1 aromatic carbocycles. The summed E-state index contributed by atoms with van der Waals surface area (Å²) in [6, 6.07) is 8.54. The number of anilines is 1. The summed E-state index contributed by atoms with van der Waals surface area (Å²) >= 11 is 0. The van der Waals surface area contributed by atoms with Gasteiger partial charge in [0.1, 0.15) is 11.8 Å². The average Bonchev–Trinajstić information content (AvgIpc) is 2.93. The number of hydrogen-bond donors (Lipinski definition) is 1. The molecule has 1 N–H and O–H groups in total. The topological polar surface area (TPSA) is 79.7 Å². The molecule has 0 radical (unpaired) electrons. The molecule has 3 rings (SSSR count). The molecule has 6 nitrogen and oxygen atoms in total. The van der Waals surface area contributed by atoms with E-state index in [-0.39, 0.29) is 23.6 Å². The summed E-state index contributed by atoms with van der Waals surface area (Å²) in [5, 5.41) is 10.5. The van der Waals surface area contributed by atoms with Crippen LogP contribution in [0.1, 0.15) is 32.0 Å². The van der Waals surface area contributed by atoms with Gasteiger partial charge in [-0.15, -0.1) is 13.2 Å². The van der Waals surface area contributed by atoms with Gasteiger partial charge in [0.05, 0.1) is 11.3 Å². The molecule has 1 aromatic heterocycles. The first-order chi connectivity index (χ1) is 14.1. The van der Waals surface area contributed by atoms with E-state index in [1.807, 2.05) is 13.8 Å². The van der Waals surface area contributed by atoms with Crippen LogP contribution in [0.2, 0.25) is 0 Å². The Morgan fingerprint density at radius 2 is 1.87 bits per heavy atom. The Labute approximate surface area is 170 Å². The molecular formula is C21H19F3N2O4. The van der Waals surface area contributed by atoms with Crippen molar-refractivity contribution in [2.24, 2.45) is 5.92 Å². The van der Waals surface area contributed by atoms with Crippen molar-refractivity contribution in [1.82, 2.24) is 4.98 Å². The van der Waals surface area contributed by atoms with Crippen LogP contribution in [0, 0.1) is 5.92 Å². The zero-order valence-corrected chi connectivity index (χ0v) is 16.2. The molecular weight excluding hydrogens is 401 g/mol. The van der Waals surface area contributed by atoms with Crippen LogP contribution in [0.25, 0.3) is 0 Å². The maximum atomic E-state index is 12.8. The molecule has 1 atom stereocenters. The number of rotatable bonds is 6. The molecule has 0 fully saturated rings. The van der Waals surface area contributed by atoms with E-state index in [0.29, 0.717) is 5.69 Å². The van der Waals surface area contributed by atoms with Gasteiger partial charge in [0.2, 0.25) is 0 Å². The number of amides is 1. The summed E-state index contributed by atoms with van der Waals surface area (Å²) in [4.78, 5) is 31.0. The van der Waals surface area contributed by atoms with E-state index in [0.717, 1.165) is 17.0 Å². The highest BCUT2D eigenvalue weighted by Gasteiger charge is 2.45. The van der Waals surface area contributed by atoms with Gasteiger partial charge >= 0.3 is 6.36 Å². The Morgan fingerprint density at radius 1 is 1.20 bits per heavy atom. The minimum Gasteiger partial charge on any atom is -0.503 e. The quantitative estimate of drug-likeness (QED) is 0.745. The first kappa shape index (κ1) is 21.4. The van der Waals surface area contributed by atoms with Crippen LogP contribution < -0.4 is 9.64 Å². The third kappa shape index (κ3) is 4.45. The summed E-state index contributed by atoms with van der Waals surface area (Å²) in [5.74, 6) is -2.38. The average molecular weight is 420 g/mol. The van der Waals surface area contributed by atoms with Crippen LogP contribution >= 0.6 is 0 Å². The predicted octanol–water partition coefficient (Wildman–Crippen LogP) is 4.50. The minimum atomic E-state index is -4.85. The number of aliphatic hydroxyl groups excluding tert-OH is 1. The fraction of sp³-hybridized carbons (Fsp3) is 0.286. The van der Waals surface area contributed by atoms with E-state index in [1.165, 1.54) is 18.3 Å². The van der Waals surface area contributed by atoms with E-state index >= 15 is 0 Å². The maximum absolute atomic E-state index is 12.8. The Hall–Kier alpha value is -3.36. The zero-order chi connectivity index (χ0) is 22.1. The van der Waals surface area contributed by atoms with E-state index in [4.69, 9.17) is 0 Å². The Balaban J connectivity index is 2.03. The van der Waals surface area contributed by atoms with Gasteiger partial charge in [0.15, 0.2) is 11.5 Å². The van der Waals surface area contributed by atoms with E-state index in [9.17, 15) is 27.9 Å². The lowest BCUT2D eigenvalue weighted by Crippen LogP contribution is -2.31. The molecule has 0 saturated carbocycles. The zero-order valence-electron chi connectivity index (χ0n) is 16.2. The number of pyridine rings is 1. The second-order valence-electron chi connectivity index (χ2n) is 7.16.